The molecule has 0 aliphatic carbocycles. The van der Waals surface area contributed by atoms with Crippen molar-refractivity contribution < 1.29 is 9.90 Å². The average molecular weight is 262 g/mol. The molecule has 0 unspecified atom stereocenters. The van der Waals surface area contributed by atoms with E-state index in [4.69, 9.17) is 5.11 Å². The number of nitrogens with zero attached hydrogens (tertiary/aromatic N) is 4. The Labute approximate surface area is 111 Å². The van der Waals surface area contributed by atoms with Crippen LogP contribution < -0.4 is 0 Å². The van der Waals surface area contributed by atoms with Crippen molar-refractivity contribution in [2.75, 3.05) is 0 Å². The highest BCUT2D eigenvalue weighted by molar-refractivity contribution is 5.67. The minimum Gasteiger partial charge on any atom is -0.481 e. The SMILES string of the molecule is Cc1cc(C)n2c(CC(C)(C)CC(=O)O)nnc2n1. The summed E-state index contributed by atoms with van der Waals surface area (Å²) in [5.74, 6) is 0.523. The van der Waals surface area contributed by atoms with Crippen molar-refractivity contribution in [1.82, 2.24) is 19.6 Å². The zero-order valence-corrected chi connectivity index (χ0v) is 11.6. The second kappa shape index (κ2) is 4.60. The fourth-order valence-corrected chi connectivity index (χ4v) is 2.31. The number of aromatic nitrogens is 4. The van der Waals surface area contributed by atoms with E-state index in [1.54, 1.807) is 0 Å². The highest BCUT2D eigenvalue weighted by Crippen LogP contribution is 2.25. The van der Waals surface area contributed by atoms with E-state index in [-0.39, 0.29) is 11.8 Å². The second-order valence-electron chi connectivity index (χ2n) is 5.70. The Bertz CT molecular complexity index is 631. The summed E-state index contributed by atoms with van der Waals surface area (Å²) in [5, 5.41) is 17.1. The van der Waals surface area contributed by atoms with Crippen LogP contribution in [-0.2, 0) is 11.2 Å². The first-order valence-electron chi connectivity index (χ1n) is 6.18. The summed E-state index contributed by atoms with van der Waals surface area (Å²) in [6.07, 6.45) is 0.645. The molecule has 6 heteroatoms. The van der Waals surface area contributed by atoms with Crippen LogP contribution in [0.2, 0.25) is 0 Å². The van der Waals surface area contributed by atoms with Crippen molar-refractivity contribution in [3.8, 4) is 0 Å². The van der Waals surface area contributed by atoms with Gasteiger partial charge in [0.15, 0.2) is 0 Å². The molecular formula is C13H18N4O2. The van der Waals surface area contributed by atoms with Gasteiger partial charge in [0.25, 0.3) is 5.78 Å². The number of carboxylic acids is 1. The maximum atomic E-state index is 10.9. The summed E-state index contributed by atoms with van der Waals surface area (Å²) in [6, 6.07) is 1.96. The van der Waals surface area contributed by atoms with E-state index in [9.17, 15) is 4.79 Å². The molecule has 0 amide bonds. The lowest BCUT2D eigenvalue weighted by Gasteiger charge is -2.21. The van der Waals surface area contributed by atoms with Gasteiger partial charge < -0.3 is 5.11 Å². The quantitative estimate of drug-likeness (QED) is 0.908. The minimum absolute atomic E-state index is 0.0975. The molecule has 0 aliphatic rings. The van der Waals surface area contributed by atoms with Crippen LogP contribution in [0, 0.1) is 19.3 Å². The predicted molar refractivity (Wildman–Crippen MR) is 70.0 cm³/mol. The first-order chi connectivity index (χ1) is 8.78. The van der Waals surface area contributed by atoms with Crippen LogP contribution in [0.3, 0.4) is 0 Å². The number of rotatable bonds is 4. The fraction of sp³-hybridized carbons (Fsp3) is 0.538. The Kier molecular flexibility index (Phi) is 3.26. The maximum absolute atomic E-state index is 10.9. The molecule has 0 aliphatic heterocycles. The number of hydrogen-bond donors (Lipinski definition) is 1. The van der Waals surface area contributed by atoms with Gasteiger partial charge in [0, 0.05) is 17.8 Å². The normalized spacial score (nSPS) is 12.0. The molecule has 19 heavy (non-hydrogen) atoms. The zero-order valence-electron chi connectivity index (χ0n) is 11.6. The summed E-state index contributed by atoms with van der Waals surface area (Å²) in [5.41, 5.74) is 1.54. The van der Waals surface area contributed by atoms with Gasteiger partial charge in [0.1, 0.15) is 5.82 Å². The monoisotopic (exact) mass is 262 g/mol. The molecule has 102 valence electrons. The molecule has 0 saturated carbocycles. The van der Waals surface area contributed by atoms with Crippen molar-refractivity contribution in [2.45, 2.75) is 40.5 Å². The molecule has 2 aromatic heterocycles. The van der Waals surface area contributed by atoms with Crippen LogP contribution in [0.25, 0.3) is 5.78 Å². The molecule has 0 fully saturated rings. The number of aliphatic carboxylic acids is 1. The largest absolute Gasteiger partial charge is 0.481 e. The van der Waals surface area contributed by atoms with E-state index in [2.05, 4.69) is 15.2 Å². The lowest BCUT2D eigenvalue weighted by Crippen LogP contribution is -2.21. The first-order valence-corrected chi connectivity index (χ1v) is 6.18. The summed E-state index contributed by atoms with van der Waals surface area (Å²) in [4.78, 5) is 15.2. The van der Waals surface area contributed by atoms with Crippen LogP contribution >= 0.6 is 0 Å². The molecule has 1 N–H and O–H groups in total. The van der Waals surface area contributed by atoms with Crippen LogP contribution in [0.15, 0.2) is 6.07 Å². The van der Waals surface area contributed by atoms with Gasteiger partial charge in [-0.2, -0.15) is 0 Å². The fourth-order valence-electron chi connectivity index (χ4n) is 2.31. The van der Waals surface area contributed by atoms with Crippen molar-refractivity contribution in [3.63, 3.8) is 0 Å². The summed E-state index contributed by atoms with van der Waals surface area (Å²) in [7, 11) is 0. The Morgan fingerprint density at radius 2 is 2.05 bits per heavy atom. The van der Waals surface area contributed by atoms with E-state index in [0.29, 0.717) is 12.2 Å². The highest BCUT2D eigenvalue weighted by Gasteiger charge is 2.25. The summed E-state index contributed by atoms with van der Waals surface area (Å²) in [6.45, 7) is 7.72. The lowest BCUT2D eigenvalue weighted by molar-refractivity contribution is -0.139. The molecule has 0 bridgehead atoms. The molecule has 0 aromatic carbocycles. The number of carbonyl (C=O) groups is 1. The molecule has 0 spiro atoms. The van der Waals surface area contributed by atoms with Crippen LogP contribution in [0.1, 0.15) is 37.5 Å². The molecule has 2 heterocycles. The Morgan fingerprint density at radius 3 is 2.68 bits per heavy atom. The van der Waals surface area contributed by atoms with Crippen molar-refractivity contribution >= 4 is 11.7 Å². The Hall–Kier alpha value is -1.98. The number of aryl methyl sites for hydroxylation is 2. The summed E-state index contributed by atoms with van der Waals surface area (Å²) >= 11 is 0. The molecule has 2 aromatic rings. The van der Waals surface area contributed by atoms with E-state index >= 15 is 0 Å². The molecule has 0 saturated heterocycles. The van der Waals surface area contributed by atoms with Gasteiger partial charge in [0.05, 0.1) is 6.42 Å². The number of fused-ring (bicyclic) bond motifs is 1. The summed E-state index contributed by atoms with van der Waals surface area (Å²) < 4.78 is 1.89. The van der Waals surface area contributed by atoms with Crippen LogP contribution in [0.5, 0.6) is 0 Å². The van der Waals surface area contributed by atoms with Crippen molar-refractivity contribution in [2.24, 2.45) is 5.41 Å². The van der Waals surface area contributed by atoms with Crippen molar-refractivity contribution in [3.05, 3.63) is 23.3 Å². The van der Waals surface area contributed by atoms with Gasteiger partial charge in [-0.15, -0.1) is 10.2 Å². The Balaban J connectivity index is 2.39. The minimum atomic E-state index is -0.801. The average Bonchev–Trinajstić information content (AvgIpc) is 2.57. The molecule has 2 rings (SSSR count). The molecule has 0 atom stereocenters. The van der Waals surface area contributed by atoms with Gasteiger partial charge in [0.2, 0.25) is 0 Å². The van der Waals surface area contributed by atoms with Gasteiger partial charge in [-0.1, -0.05) is 13.8 Å². The maximum Gasteiger partial charge on any atom is 0.303 e. The van der Waals surface area contributed by atoms with Gasteiger partial charge in [-0.3, -0.25) is 9.20 Å². The van der Waals surface area contributed by atoms with Crippen LogP contribution in [0.4, 0.5) is 0 Å². The van der Waals surface area contributed by atoms with Gasteiger partial charge in [-0.05, 0) is 25.3 Å². The van der Waals surface area contributed by atoms with E-state index in [1.807, 2.05) is 38.2 Å². The lowest BCUT2D eigenvalue weighted by atomic mass is 9.85. The van der Waals surface area contributed by atoms with Crippen molar-refractivity contribution in [1.29, 1.82) is 0 Å². The third kappa shape index (κ3) is 2.89. The topological polar surface area (TPSA) is 80.4 Å². The van der Waals surface area contributed by atoms with Gasteiger partial charge in [-0.25, -0.2) is 4.98 Å². The first kappa shape index (κ1) is 13.5. The number of hydrogen-bond acceptors (Lipinski definition) is 4. The molecule has 6 nitrogen and oxygen atoms in total. The standard InChI is InChI=1S/C13H18N4O2/c1-8-5-9(2)17-10(15-16-12(17)14-8)6-13(3,4)7-11(18)19/h5H,6-7H2,1-4H3,(H,18,19). The predicted octanol–water partition coefficient (Wildman–Crippen LogP) is 1.78. The third-order valence-electron chi connectivity index (χ3n) is 3.03. The highest BCUT2D eigenvalue weighted by atomic mass is 16.4. The Morgan fingerprint density at radius 1 is 1.37 bits per heavy atom. The number of carboxylic acid groups (broad SMARTS) is 1. The second-order valence-corrected chi connectivity index (χ2v) is 5.70. The van der Waals surface area contributed by atoms with E-state index in [1.165, 1.54) is 0 Å². The van der Waals surface area contributed by atoms with Gasteiger partial charge >= 0.3 is 5.97 Å². The van der Waals surface area contributed by atoms with E-state index in [0.717, 1.165) is 17.2 Å². The molecule has 0 radical (unpaired) electrons. The molecular weight excluding hydrogens is 244 g/mol. The third-order valence-corrected chi connectivity index (χ3v) is 3.03. The zero-order chi connectivity index (χ0) is 14.2. The van der Waals surface area contributed by atoms with E-state index < -0.39 is 5.97 Å². The van der Waals surface area contributed by atoms with Crippen LogP contribution in [-0.4, -0.2) is 30.7 Å². The smallest absolute Gasteiger partial charge is 0.303 e.